The molecule has 1 fully saturated rings. The number of nitrogens with one attached hydrogen (secondary N) is 1. The van der Waals surface area contributed by atoms with E-state index in [0.717, 1.165) is 19.3 Å². The number of amides is 1. The van der Waals surface area contributed by atoms with E-state index in [9.17, 15) is 14.7 Å². The zero-order chi connectivity index (χ0) is 14.8. The topological polar surface area (TPSA) is 83.7 Å². The number of aliphatic hydroxyl groups excluding tert-OH is 1. The lowest BCUT2D eigenvalue weighted by molar-refractivity contribution is 0.0914. The molecule has 110 valence electrons. The van der Waals surface area contributed by atoms with Crippen LogP contribution in [0.3, 0.4) is 0 Å². The minimum absolute atomic E-state index is 0.0299. The van der Waals surface area contributed by atoms with Crippen molar-refractivity contribution in [3.8, 4) is 0 Å². The van der Waals surface area contributed by atoms with Gasteiger partial charge >= 0.3 is 0 Å². The molecule has 3 rings (SSSR count). The van der Waals surface area contributed by atoms with Gasteiger partial charge in [0.1, 0.15) is 11.2 Å². The third-order valence-electron chi connectivity index (χ3n) is 4.07. The zero-order valence-corrected chi connectivity index (χ0v) is 11.5. The van der Waals surface area contributed by atoms with E-state index in [-0.39, 0.29) is 29.7 Å². The predicted molar refractivity (Wildman–Crippen MR) is 77.1 cm³/mol. The summed E-state index contributed by atoms with van der Waals surface area (Å²) in [4.78, 5) is 28.7. The second kappa shape index (κ2) is 5.65. The van der Waals surface area contributed by atoms with Gasteiger partial charge in [-0.05, 0) is 25.0 Å². The summed E-state index contributed by atoms with van der Waals surface area (Å²) in [5.74, 6) is -0.346. The number of pyridine rings is 1. The van der Waals surface area contributed by atoms with Crippen molar-refractivity contribution in [2.75, 3.05) is 6.61 Å². The Labute approximate surface area is 121 Å². The summed E-state index contributed by atoms with van der Waals surface area (Å²) in [7, 11) is 0. The fourth-order valence-corrected chi connectivity index (χ4v) is 2.87. The van der Waals surface area contributed by atoms with Gasteiger partial charge in [-0.2, -0.15) is 0 Å². The molecule has 2 atom stereocenters. The first-order valence-electron chi connectivity index (χ1n) is 7.09. The maximum Gasteiger partial charge on any atom is 0.270 e. The van der Waals surface area contributed by atoms with Crippen LogP contribution in [0.1, 0.15) is 29.6 Å². The first-order chi connectivity index (χ1) is 10.2. The van der Waals surface area contributed by atoms with Crippen molar-refractivity contribution in [1.82, 2.24) is 14.7 Å². The number of nitrogens with zero attached hydrogens (tertiary/aromatic N) is 2. The Morgan fingerprint density at radius 2 is 2.29 bits per heavy atom. The molecule has 1 aliphatic carbocycles. The Bertz CT molecular complexity index is 725. The Morgan fingerprint density at radius 3 is 3.10 bits per heavy atom. The van der Waals surface area contributed by atoms with E-state index in [4.69, 9.17) is 0 Å². The highest BCUT2D eigenvalue weighted by atomic mass is 16.3. The number of carbonyl (C=O) groups is 1. The van der Waals surface area contributed by atoms with Crippen molar-refractivity contribution in [1.29, 1.82) is 0 Å². The molecule has 1 saturated carbocycles. The Hall–Kier alpha value is -2.21. The van der Waals surface area contributed by atoms with Crippen LogP contribution in [0.5, 0.6) is 0 Å². The molecule has 2 aromatic heterocycles. The monoisotopic (exact) mass is 287 g/mol. The smallest absolute Gasteiger partial charge is 0.270 e. The molecule has 0 aliphatic heterocycles. The molecule has 1 amide bonds. The summed E-state index contributed by atoms with van der Waals surface area (Å²) in [5.41, 5.74) is 0.159. The average molecular weight is 287 g/mol. The van der Waals surface area contributed by atoms with Gasteiger partial charge < -0.3 is 10.4 Å². The molecule has 2 aromatic rings. The molecule has 1 aliphatic rings. The summed E-state index contributed by atoms with van der Waals surface area (Å²) in [5, 5.41) is 12.1. The molecule has 6 heteroatoms. The van der Waals surface area contributed by atoms with E-state index in [2.05, 4.69) is 10.3 Å². The van der Waals surface area contributed by atoms with Gasteiger partial charge in [0.25, 0.3) is 11.5 Å². The quantitative estimate of drug-likeness (QED) is 0.865. The van der Waals surface area contributed by atoms with Gasteiger partial charge in [0, 0.05) is 31.0 Å². The lowest BCUT2D eigenvalue weighted by atomic mass is 10.0. The van der Waals surface area contributed by atoms with Gasteiger partial charge in [-0.3, -0.25) is 14.0 Å². The van der Waals surface area contributed by atoms with E-state index in [0.29, 0.717) is 5.65 Å². The van der Waals surface area contributed by atoms with E-state index in [1.807, 2.05) is 0 Å². The lowest BCUT2D eigenvalue weighted by Gasteiger charge is -2.18. The summed E-state index contributed by atoms with van der Waals surface area (Å²) in [6, 6.07) is 5.14. The summed E-state index contributed by atoms with van der Waals surface area (Å²) < 4.78 is 1.35. The maximum atomic E-state index is 12.3. The minimum atomic E-state index is -0.420. The van der Waals surface area contributed by atoms with E-state index >= 15 is 0 Å². The van der Waals surface area contributed by atoms with Crippen LogP contribution in [0, 0.1) is 5.92 Å². The molecular formula is C15H17N3O3. The van der Waals surface area contributed by atoms with Gasteiger partial charge in [0.15, 0.2) is 0 Å². The van der Waals surface area contributed by atoms with Gasteiger partial charge in [0.05, 0.1) is 0 Å². The third kappa shape index (κ3) is 2.54. The molecule has 2 N–H and O–H groups in total. The molecule has 2 unspecified atom stereocenters. The van der Waals surface area contributed by atoms with Crippen molar-refractivity contribution in [2.45, 2.75) is 25.3 Å². The Morgan fingerprint density at radius 1 is 1.43 bits per heavy atom. The normalized spacial score (nSPS) is 21.6. The van der Waals surface area contributed by atoms with Gasteiger partial charge in [-0.1, -0.05) is 12.5 Å². The number of fused-ring (bicyclic) bond motifs is 1. The highest BCUT2D eigenvalue weighted by Crippen LogP contribution is 2.25. The molecule has 6 nitrogen and oxygen atoms in total. The average Bonchev–Trinajstić information content (AvgIpc) is 2.95. The highest BCUT2D eigenvalue weighted by molar-refractivity contribution is 5.94. The fourth-order valence-electron chi connectivity index (χ4n) is 2.87. The molecule has 0 saturated heterocycles. The first-order valence-corrected chi connectivity index (χ1v) is 7.09. The first kappa shape index (κ1) is 13.8. The highest BCUT2D eigenvalue weighted by Gasteiger charge is 2.28. The second-order valence-electron chi connectivity index (χ2n) is 5.36. The van der Waals surface area contributed by atoms with Gasteiger partial charge in [0.2, 0.25) is 0 Å². The van der Waals surface area contributed by atoms with Gasteiger partial charge in [-0.15, -0.1) is 0 Å². The Kier molecular flexibility index (Phi) is 3.70. The van der Waals surface area contributed by atoms with Crippen LogP contribution in [0.15, 0.2) is 35.4 Å². The van der Waals surface area contributed by atoms with Crippen LogP contribution >= 0.6 is 0 Å². The zero-order valence-electron chi connectivity index (χ0n) is 11.5. The van der Waals surface area contributed by atoms with Crippen molar-refractivity contribution < 1.29 is 9.90 Å². The molecule has 21 heavy (non-hydrogen) atoms. The summed E-state index contributed by atoms with van der Waals surface area (Å²) >= 11 is 0. The van der Waals surface area contributed by atoms with Crippen LogP contribution in [0.4, 0.5) is 0 Å². The van der Waals surface area contributed by atoms with Crippen molar-refractivity contribution in [3.05, 3.63) is 46.5 Å². The molecular weight excluding hydrogens is 270 g/mol. The molecule has 0 aromatic carbocycles. The van der Waals surface area contributed by atoms with Crippen LogP contribution in [-0.2, 0) is 0 Å². The number of carbonyl (C=O) groups excluding carboxylic acids is 1. The molecule has 2 heterocycles. The standard InChI is InChI=1S/C15H17N3O3/c19-9-10-4-3-5-12(10)17-14(20)11-8-16-13-6-1-2-7-18(13)15(11)21/h1-2,6-8,10,12,19H,3-5,9H2,(H,17,20). The SMILES string of the molecule is O=C(NC1CCCC1CO)c1cnc2ccccn2c1=O. The molecule has 0 radical (unpaired) electrons. The van der Waals surface area contributed by atoms with Gasteiger partial charge in [-0.25, -0.2) is 4.98 Å². The van der Waals surface area contributed by atoms with Crippen LogP contribution in [0.2, 0.25) is 0 Å². The largest absolute Gasteiger partial charge is 0.396 e. The summed E-state index contributed by atoms with van der Waals surface area (Å²) in [6.45, 7) is 0.0555. The number of rotatable bonds is 3. The van der Waals surface area contributed by atoms with E-state index < -0.39 is 5.91 Å². The van der Waals surface area contributed by atoms with Crippen LogP contribution in [0.25, 0.3) is 5.65 Å². The van der Waals surface area contributed by atoms with Crippen LogP contribution in [-0.4, -0.2) is 33.0 Å². The number of aliphatic hydroxyl groups is 1. The second-order valence-corrected chi connectivity index (χ2v) is 5.36. The van der Waals surface area contributed by atoms with E-state index in [1.165, 1.54) is 10.6 Å². The van der Waals surface area contributed by atoms with Crippen molar-refractivity contribution in [3.63, 3.8) is 0 Å². The number of aromatic nitrogens is 2. The number of hydrogen-bond donors (Lipinski definition) is 2. The van der Waals surface area contributed by atoms with Crippen molar-refractivity contribution in [2.24, 2.45) is 5.92 Å². The fraction of sp³-hybridized carbons (Fsp3) is 0.400. The third-order valence-corrected chi connectivity index (χ3v) is 4.07. The molecule has 0 spiro atoms. The Balaban J connectivity index is 1.88. The maximum absolute atomic E-state index is 12.3. The number of hydrogen-bond acceptors (Lipinski definition) is 4. The molecule has 0 bridgehead atoms. The summed E-state index contributed by atoms with van der Waals surface area (Å²) in [6.07, 6.45) is 5.62. The predicted octanol–water partition coefficient (Wildman–Crippen LogP) is 0.585. The minimum Gasteiger partial charge on any atom is -0.396 e. The van der Waals surface area contributed by atoms with Crippen LogP contribution < -0.4 is 10.9 Å². The lowest BCUT2D eigenvalue weighted by Crippen LogP contribution is -2.41. The van der Waals surface area contributed by atoms with Crippen molar-refractivity contribution >= 4 is 11.6 Å². The van der Waals surface area contributed by atoms with E-state index in [1.54, 1.807) is 24.4 Å².